The zero-order chi connectivity index (χ0) is 12.5. The second-order valence-corrected chi connectivity index (χ2v) is 4.88. The maximum atomic E-state index is 12.1. The smallest absolute Gasteiger partial charge is 0.225 e. The Morgan fingerprint density at radius 3 is 2.61 bits per heavy atom. The van der Waals surface area contributed by atoms with Crippen LogP contribution in [0.15, 0.2) is 41.6 Å². The molecule has 18 heavy (non-hydrogen) atoms. The van der Waals surface area contributed by atoms with E-state index in [0.29, 0.717) is 12.8 Å². The largest absolute Gasteiger partial charge is 0.329 e. The van der Waals surface area contributed by atoms with Crippen LogP contribution in [-0.4, -0.2) is 11.7 Å². The van der Waals surface area contributed by atoms with Gasteiger partial charge in [0.25, 0.3) is 0 Å². The minimum atomic E-state index is -0.0530. The third-order valence-corrected chi connectivity index (χ3v) is 3.69. The summed E-state index contributed by atoms with van der Waals surface area (Å²) in [7, 11) is 0. The van der Waals surface area contributed by atoms with Crippen molar-refractivity contribution in [2.24, 2.45) is 0 Å². The van der Waals surface area contributed by atoms with Crippen molar-refractivity contribution < 1.29 is 9.59 Å². The van der Waals surface area contributed by atoms with E-state index in [-0.39, 0.29) is 17.6 Å². The molecular formula is C15H15NO2. The number of carbonyl (C=O) groups excluding carboxylic acids is 2. The molecule has 1 aromatic carbocycles. The highest BCUT2D eigenvalue weighted by atomic mass is 16.2. The van der Waals surface area contributed by atoms with Gasteiger partial charge in [-0.15, -0.1) is 0 Å². The second-order valence-electron chi connectivity index (χ2n) is 4.88. The fraction of sp³-hybridized carbons (Fsp3) is 0.333. The third kappa shape index (κ3) is 1.86. The highest BCUT2D eigenvalue weighted by Crippen LogP contribution is 2.37. The van der Waals surface area contributed by atoms with Gasteiger partial charge in [-0.2, -0.15) is 0 Å². The first kappa shape index (κ1) is 11.2. The number of amides is 1. The number of ketones is 1. The van der Waals surface area contributed by atoms with E-state index in [2.05, 4.69) is 5.32 Å². The van der Waals surface area contributed by atoms with Crippen LogP contribution in [0.1, 0.15) is 37.2 Å². The van der Waals surface area contributed by atoms with E-state index in [1.807, 2.05) is 30.3 Å². The van der Waals surface area contributed by atoms with Gasteiger partial charge in [0.1, 0.15) is 0 Å². The van der Waals surface area contributed by atoms with Gasteiger partial charge in [0.2, 0.25) is 5.91 Å². The Kier molecular flexibility index (Phi) is 2.74. The molecule has 0 aromatic heterocycles. The van der Waals surface area contributed by atoms with E-state index >= 15 is 0 Å². The van der Waals surface area contributed by atoms with Crippen molar-refractivity contribution in [2.45, 2.75) is 31.6 Å². The molecule has 1 aliphatic carbocycles. The van der Waals surface area contributed by atoms with Gasteiger partial charge >= 0.3 is 0 Å². The summed E-state index contributed by atoms with van der Waals surface area (Å²) in [5.74, 6) is 0.171. The summed E-state index contributed by atoms with van der Waals surface area (Å²) >= 11 is 0. The van der Waals surface area contributed by atoms with Crippen LogP contribution in [0.4, 0.5) is 0 Å². The maximum Gasteiger partial charge on any atom is 0.225 e. The predicted molar refractivity (Wildman–Crippen MR) is 67.8 cm³/mol. The lowest BCUT2D eigenvalue weighted by atomic mass is 9.78. The Bertz CT molecular complexity index is 531. The van der Waals surface area contributed by atoms with Crippen LogP contribution in [0.25, 0.3) is 0 Å². The van der Waals surface area contributed by atoms with Crippen molar-refractivity contribution in [2.75, 3.05) is 0 Å². The van der Waals surface area contributed by atoms with Crippen molar-refractivity contribution in [3.63, 3.8) is 0 Å². The Hall–Kier alpha value is -1.90. The summed E-state index contributed by atoms with van der Waals surface area (Å²) in [6.45, 7) is 0. The van der Waals surface area contributed by atoms with E-state index in [0.717, 1.165) is 29.7 Å². The molecule has 0 radical (unpaired) electrons. The van der Waals surface area contributed by atoms with Crippen molar-refractivity contribution in [1.29, 1.82) is 0 Å². The second kappa shape index (κ2) is 4.41. The first-order chi connectivity index (χ1) is 8.75. The first-order valence-corrected chi connectivity index (χ1v) is 6.37. The zero-order valence-corrected chi connectivity index (χ0v) is 10.1. The monoisotopic (exact) mass is 241 g/mol. The molecule has 92 valence electrons. The van der Waals surface area contributed by atoms with Crippen LogP contribution >= 0.6 is 0 Å². The average molecular weight is 241 g/mol. The molecule has 3 rings (SSSR count). The molecular weight excluding hydrogens is 226 g/mol. The molecule has 3 nitrogen and oxygen atoms in total. The summed E-state index contributed by atoms with van der Waals surface area (Å²) in [5.41, 5.74) is 2.76. The molecule has 1 atom stereocenters. The van der Waals surface area contributed by atoms with E-state index in [4.69, 9.17) is 0 Å². The van der Waals surface area contributed by atoms with Crippen molar-refractivity contribution >= 4 is 11.7 Å². The fourth-order valence-corrected chi connectivity index (χ4v) is 2.87. The number of benzene rings is 1. The van der Waals surface area contributed by atoms with Gasteiger partial charge < -0.3 is 5.32 Å². The van der Waals surface area contributed by atoms with Crippen LogP contribution < -0.4 is 5.32 Å². The summed E-state index contributed by atoms with van der Waals surface area (Å²) in [4.78, 5) is 23.9. The van der Waals surface area contributed by atoms with Gasteiger partial charge in [0.15, 0.2) is 5.78 Å². The Balaban J connectivity index is 2.07. The lowest BCUT2D eigenvalue weighted by molar-refractivity contribution is -0.122. The van der Waals surface area contributed by atoms with Crippen LogP contribution in [-0.2, 0) is 9.59 Å². The molecule has 2 aliphatic rings. The topological polar surface area (TPSA) is 46.2 Å². The van der Waals surface area contributed by atoms with Crippen molar-refractivity contribution in [1.82, 2.24) is 5.32 Å². The number of hydrogen-bond donors (Lipinski definition) is 1. The molecule has 0 saturated heterocycles. The number of hydrogen-bond acceptors (Lipinski definition) is 2. The minimum absolute atomic E-state index is 0.0253. The lowest BCUT2D eigenvalue weighted by Crippen LogP contribution is -2.36. The standard InChI is InChI=1S/C15H15NO2/c17-13-8-4-7-12-15(13)11(9-14(18)16-12)10-5-2-1-3-6-10/h1-3,5-6,11H,4,7-9H2,(H,16,18). The Morgan fingerprint density at radius 1 is 1.06 bits per heavy atom. The summed E-state index contributed by atoms with van der Waals surface area (Å²) < 4.78 is 0. The molecule has 1 unspecified atom stereocenters. The third-order valence-electron chi connectivity index (χ3n) is 3.69. The van der Waals surface area contributed by atoms with Gasteiger partial charge in [0.05, 0.1) is 0 Å². The normalized spacial score (nSPS) is 23.7. The molecule has 1 N–H and O–H groups in total. The van der Waals surface area contributed by atoms with Crippen LogP contribution in [0.3, 0.4) is 0 Å². The highest BCUT2D eigenvalue weighted by Gasteiger charge is 2.34. The van der Waals surface area contributed by atoms with Crippen molar-refractivity contribution in [3.8, 4) is 0 Å². The Morgan fingerprint density at radius 2 is 1.83 bits per heavy atom. The molecule has 3 heteroatoms. The molecule has 1 aliphatic heterocycles. The van der Waals surface area contributed by atoms with Gasteiger partial charge in [-0.1, -0.05) is 30.3 Å². The average Bonchev–Trinajstić information content (AvgIpc) is 2.39. The number of allylic oxidation sites excluding steroid dienone is 2. The Labute approximate surface area is 106 Å². The fourth-order valence-electron chi connectivity index (χ4n) is 2.87. The van der Waals surface area contributed by atoms with Gasteiger partial charge in [-0.25, -0.2) is 0 Å². The zero-order valence-electron chi connectivity index (χ0n) is 10.1. The molecule has 1 amide bonds. The quantitative estimate of drug-likeness (QED) is 0.820. The molecule has 1 heterocycles. The predicted octanol–water partition coefficient (Wildman–Crippen LogP) is 2.30. The van der Waals surface area contributed by atoms with Gasteiger partial charge in [-0.3, -0.25) is 9.59 Å². The number of carbonyl (C=O) groups is 2. The van der Waals surface area contributed by atoms with E-state index in [1.165, 1.54) is 0 Å². The van der Waals surface area contributed by atoms with E-state index < -0.39 is 0 Å². The highest BCUT2D eigenvalue weighted by molar-refractivity contribution is 6.01. The number of Topliss-reactive ketones (excluding diaryl/α,β-unsaturated/α-hetero) is 1. The summed E-state index contributed by atoms with van der Waals surface area (Å²) in [6.07, 6.45) is 2.65. The van der Waals surface area contributed by atoms with Gasteiger partial charge in [0, 0.05) is 30.0 Å². The molecule has 0 saturated carbocycles. The van der Waals surface area contributed by atoms with E-state index in [1.54, 1.807) is 0 Å². The van der Waals surface area contributed by atoms with Crippen LogP contribution in [0, 0.1) is 0 Å². The SMILES string of the molecule is O=C1CC(c2ccccc2)C2=C(CCCC2=O)N1. The molecule has 0 fully saturated rings. The first-order valence-electron chi connectivity index (χ1n) is 6.37. The molecule has 0 bridgehead atoms. The number of nitrogens with one attached hydrogen (secondary N) is 1. The van der Waals surface area contributed by atoms with Crippen molar-refractivity contribution in [3.05, 3.63) is 47.2 Å². The minimum Gasteiger partial charge on any atom is -0.329 e. The van der Waals surface area contributed by atoms with Crippen LogP contribution in [0.5, 0.6) is 0 Å². The molecule has 1 aromatic rings. The summed E-state index contributed by atoms with van der Waals surface area (Å²) in [5, 5.41) is 2.87. The number of rotatable bonds is 1. The lowest BCUT2D eigenvalue weighted by Gasteiger charge is -2.31. The van der Waals surface area contributed by atoms with E-state index in [9.17, 15) is 9.59 Å². The van der Waals surface area contributed by atoms with Gasteiger partial charge in [-0.05, 0) is 18.4 Å². The molecule has 0 spiro atoms. The van der Waals surface area contributed by atoms with Crippen LogP contribution in [0.2, 0.25) is 0 Å². The summed E-state index contributed by atoms with van der Waals surface area (Å²) in [6, 6.07) is 9.85. The maximum absolute atomic E-state index is 12.1.